The molecule has 0 radical (unpaired) electrons. The van der Waals surface area contributed by atoms with E-state index in [1.807, 2.05) is 0 Å². The maximum Gasteiger partial charge on any atom is 0.433 e. The summed E-state index contributed by atoms with van der Waals surface area (Å²) in [5.41, 5.74) is -0.0512. The van der Waals surface area contributed by atoms with Crippen LogP contribution in [0.4, 0.5) is 13.2 Å². The zero-order valence-electron chi connectivity index (χ0n) is 12.7. The Morgan fingerprint density at radius 2 is 1.92 bits per heavy atom. The second-order valence-corrected chi connectivity index (χ2v) is 6.45. The summed E-state index contributed by atoms with van der Waals surface area (Å²) in [5.74, 6) is 1.06. The predicted molar refractivity (Wildman–Crippen MR) is 89.8 cm³/mol. The van der Waals surface area contributed by atoms with Crippen LogP contribution in [-0.2, 0) is 12.8 Å². The van der Waals surface area contributed by atoms with Crippen LogP contribution in [0, 0.1) is 17.4 Å². The highest BCUT2D eigenvalue weighted by Crippen LogP contribution is 2.35. The van der Waals surface area contributed by atoms with Gasteiger partial charge >= 0.3 is 6.18 Å². The molecule has 0 N–H and O–H groups in total. The Balaban J connectivity index is 2.02. The van der Waals surface area contributed by atoms with Crippen LogP contribution >= 0.6 is 22.6 Å². The van der Waals surface area contributed by atoms with Crippen molar-refractivity contribution in [2.45, 2.75) is 26.6 Å². The lowest BCUT2D eigenvalue weighted by Gasteiger charge is -2.12. The van der Waals surface area contributed by atoms with Crippen LogP contribution < -0.4 is 4.74 Å². The molecule has 0 aliphatic rings. The summed E-state index contributed by atoms with van der Waals surface area (Å²) in [6, 6.07) is 5.87. The van der Waals surface area contributed by atoms with E-state index in [0.717, 1.165) is 15.3 Å². The zero-order chi connectivity index (χ0) is 17.5. The molecule has 0 spiro atoms. The first-order chi connectivity index (χ1) is 11.2. The van der Waals surface area contributed by atoms with Crippen molar-refractivity contribution in [2.24, 2.45) is 0 Å². The maximum atomic E-state index is 13.0. The largest absolute Gasteiger partial charge is 0.483 e. The fraction of sp³-hybridized carbons (Fsp3) is 0.250. The average Bonchev–Trinajstić information content (AvgIpc) is 2.82. The molecule has 0 aliphatic heterocycles. The van der Waals surface area contributed by atoms with Crippen molar-refractivity contribution in [3.8, 4) is 5.75 Å². The lowest BCUT2D eigenvalue weighted by Crippen LogP contribution is -2.09. The Morgan fingerprint density at radius 3 is 2.54 bits per heavy atom. The minimum Gasteiger partial charge on any atom is -0.483 e. The van der Waals surface area contributed by atoms with Gasteiger partial charge in [-0.1, -0.05) is 0 Å². The third-order valence-electron chi connectivity index (χ3n) is 3.45. The first-order valence-corrected chi connectivity index (χ1v) is 8.05. The predicted octanol–water partition coefficient (Wildman–Crippen LogP) is 5.04. The van der Waals surface area contributed by atoms with Crippen LogP contribution in [0.3, 0.4) is 0 Å². The summed E-state index contributed by atoms with van der Waals surface area (Å²) in [5, 5.41) is 0.509. The van der Waals surface area contributed by atoms with Gasteiger partial charge in [0.2, 0.25) is 5.89 Å². The van der Waals surface area contributed by atoms with Crippen LogP contribution in [0.2, 0.25) is 0 Å². The molecule has 3 rings (SSSR count). The second-order valence-electron chi connectivity index (χ2n) is 5.20. The smallest absolute Gasteiger partial charge is 0.433 e. The highest BCUT2D eigenvalue weighted by atomic mass is 127. The van der Waals surface area contributed by atoms with Gasteiger partial charge < -0.3 is 9.15 Å². The molecule has 0 fully saturated rings. The van der Waals surface area contributed by atoms with E-state index < -0.39 is 11.9 Å². The average molecular weight is 448 g/mol. The maximum absolute atomic E-state index is 13.0. The number of oxazole rings is 1. The zero-order valence-corrected chi connectivity index (χ0v) is 14.9. The molecular weight excluding hydrogens is 436 g/mol. The van der Waals surface area contributed by atoms with Gasteiger partial charge in [0.1, 0.15) is 17.2 Å². The molecule has 0 unspecified atom stereocenters. The normalized spacial score (nSPS) is 11.9. The molecule has 0 atom stereocenters. The molecule has 4 nitrogen and oxygen atoms in total. The third-order valence-corrected chi connectivity index (χ3v) is 4.12. The number of hydrogen-bond acceptors (Lipinski definition) is 4. The summed E-state index contributed by atoms with van der Waals surface area (Å²) >= 11 is 2.08. The minimum atomic E-state index is -4.55. The van der Waals surface area contributed by atoms with E-state index in [2.05, 4.69) is 32.6 Å². The second kappa shape index (κ2) is 6.23. The molecule has 126 valence electrons. The Hall–Kier alpha value is -1.84. The molecule has 0 aliphatic carbocycles. The van der Waals surface area contributed by atoms with Crippen LogP contribution in [0.15, 0.2) is 28.7 Å². The van der Waals surface area contributed by atoms with E-state index in [-0.39, 0.29) is 17.9 Å². The Morgan fingerprint density at radius 1 is 1.17 bits per heavy atom. The van der Waals surface area contributed by atoms with Crippen molar-refractivity contribution < 1.29 is 22.3 Å². The molecule has 2 aromatic heterocycles. The number of rotatable bonds is 3. The summed E-state index contributed by atoms with van der Waals surface area (Å²) in [6.45, 7) is 3.49. The van der Waals surface area contributed by atoms with E-state index >= 15 is 0 Å². The van der Waals surface area contributed by atoms with E-state index in [9.17, 15) is 13.2 Å². The van der Waals surface area contributed by atoms with Crippen molar-refractivity contribution in [1.29, 1.82) is 0 Å². The first kappa shape index (κ1) is 17.0. The van der Waals surface area contributed by atoms with E-state index in [1.165, 1.54) is 0 Å². The summed E-state index contributed by atoms with van der Waals surface area (Å²) in [4.78, 5) is 7.84. The number of halogens is 4. The molecule has 8 heteroatoms. The molecule has 24 heavy (non-hydrogen) atoms. The van der Waals surface area contributed by atoms with E-state index in [4.69, 9.17) is 9.15 Å². The fourth-order valence-electron chi connectivity index (χ4n) is 2.17. The van der Waals surface area contributed by atoms with Gasteiger partial charge in [0, 0.05) is 15.0 Å². The van der Waals surface area contributed by atoms with Crippen molar-refractivity contribution in [2.75, 3.05) is 0 Å². The number of benzene rings is 1. The molecule has 0 saturated heterocycles. The van der Waals surface area contributed by atoms with Gasteiger partial charge in [0.25, 0.3) is 0 Å². The molecule has 0 saturated carbocycles. The number of pyridine rings is 1. The number of aromatic nitrogens is 2. The molecule has 3 aromatic rings. The molecular formula is C16H12F3IN2O2. The lowest BCUT2D eigenvalue weighted by molar-refractivity contribution is -0.141. The van der Waals surface area contributed by atoms with Crippen molar-refractivity contribution >= 4 is 33.5 Å². The molecule has 2 heterocycles. The molecule has 0 amide bonds. The van der Waals surface area contributed by atoms with Gasteiger partial charge in [-0.3, -0.25) is 0 Å². The van der Waals surface area contributed by atoms with E-state index in [0.29, 0.717) is 17.0 Å². The number of hydrogen-bond donors (Lipinski definition) is 0. The first-order valence-electron chi connectivity index (χ1n) is 6.97. The minimum absolute atomic E-state index is 0.0590. The van der Waals surface area contributed by atoms with Gasteiger partial charge in [0.15, 0.2) is 6.61 Å². The lowest BCUT2D eigenvalue weighted by atomic mass is 10.2. The van der Waals surface area contributed by atoms with Crippen molar-refractivity contribution in [3.05, 3.63) is 50.9 Å². The van der Waals surface area contributed by atoms with Gasteiger partial charge in [0.05, 0.1) is 11.2 Å². The Kier molecular flexibility index (Phi) is 4.41. The number of ether oxygens (including phenoxy) is 1. The van der Waals surface area contributed by atoms with Gasteiger partial charge in [-0.05, 0) is 54.6 Å². The van der Waals surface area contributed by atoms with Gasteiger partial charge in [-0.2, -0.15) is 13.2 Å². The monoisotopic (exact) mass is 448 g/mol. The van der Waals surface area contributed by atoms with Gasteiger partial charge in [-0.15, -0.1) is 0 Å². The number of fused-ring (bicyclic) bond motifs is 1. The summed E-state index contributed by atoms with van der Waals surface area (Å²) < 4.78 is 51.0. The number of nitrogens with zero attached hydrogens (tertiary/aromatic N) is 2. The highest BCUT2D eigenvalue weighted by molar-refractivity contribution is 14.1. The highest BCUT2D eigenvalue weighted by Gasteiger charge is 2.33. The van der Waals surface area contributed by atoms with Crippen LogP contribution in [0.1, 0.15) is 23.0 Å². The van der Waals surface area contributed by atoms with Crippen molar-refractivity contribution in [3.63, 3.8) is 0 Å². The quantitative estimate of drug-likeness (QED) is 0.527. The van der Waals surface area contributed by atoms with Crippen LogP contribution in [0.25, 0.3) is 10.9 Å². The fourth-order valence-corrected chi connectivity index (χ4v) is 2.66. The summed E-state index contributed by atoms with van der Waals surface area (Å²) in [6.07, 6.45) is -4.55. The third kappa shape index (κ3) is 3.47. The topological polar surface area (TPSA) is 48.2 Å². The SMILES string of the molecule is Cc1nc(COc2cc(C(F)(F)F)nc3ccc(I)cc23)oc1C. The van der Waals surface area contributed by atoms with Gasteiger partial charge in [-0.25, -0.2) is 9.97 Å². The Labute approximate surface area is 149 Å². The van der Waals surface area contributed by atoms with Crippen LogP contribution in [-0.4, -0.2) is 9.97 Å². The molecule has 0 bridgehead atoms. The van der Waals surface area contributed by atoms with Crippen LogP contribution in [0.5, 0.6) is 5.75 Å². The summed E-state index contributed by atoms with van der Waals surface area (Å²) in [7, 11) is 0. The molecule has 1 aromatic carbocycles. The Bertz CT molecular complexity index is 887. The standard InChI is InChI=1S/C16H12F3IN2O2/c1-8-9(2)24-15(21-8)7-23-13-6-14(16(17,18)19)22-12-4-3-10(20)5-11(12)13/h3-6H,7H2,1-2H3. The number of aryl methyl sites for hydroxylation is 2. The van der Waals surface area contributed by atoms with E-state index in [1.54, 1.807) is 32.0 Å². The number of alkyl halides is 3. The van der Waals surface area contributed by atoms with Crippen molar-refractivity contribution in [1.82, 2.24) is 9.97 Å².